The summed E-state index contributed by atoms with van der Waals surface area (Å²) in [4.78, 5) is 0. The van der Waals surface area contributed by atoms with Crippen LogP contribution in [0.1, 0.15) is 43.7 Å². The first-order valence-corrected chi connectivity index (χ1v) is 6.99. The van der Waals surface area contributed by atoms with Crippen molar-refractivity contribution in [3.8, 4) is 0 Å². The molecule has 1 saturated carbocycles. The molecule has 1 aromatic rings. The van der Waals surface area contributed by atoms with Crippen molar-refractivity contribution in [3.05, 3.63) is 35.1 Å². The minimum absolute atomic E-state index is 0.321. The second-order valence-electron chi connectivity index (χ2n) is 5.48. The highest BCUT2D eigenvalue weighted by atomic mass is 19.4. The summed E-state index contributed by atoms with van der Waals surface area (Å²) in [5, 5.41) is 3.27. The van der Waals surface area contributed by atoms with E-state index < -0.39 is 17.6 Å². The van der Waals surface area contributed by atoms with Gasteiger partial charge in [-0.15, -0.1) is 0 Å². The zero-order valence-corrected chi connectivity index (χ0v) is 11.4. The fraction of sp³-hybridized carbons (Fsp3) is 0.600. The maximum Gasteiger partial charge on any atom is 0.419 e. The third-order valence-electron chi connectivity index (χ3n) is 3.74. The number of hydrogen-bond acceptors (Lipinski definition) is 1. The van der Waals surface area contributed by atoms with Crippen LogP contribution in [0.2, 0.25) is 0 Å². The van der Waals surface area contributed by atoms with E-state index in [1.54, 1.807) is 0 Å². The summed E-state index contributed by atoms with van der Waals surface area (Å²) in [6, 6.07) is 3.51. The molecule has 0 saturated heterocycles. The molecule has 1 atom stereocenters. The van der Waals surface area contributed by atoms with E-state index in [0.29, 0.717) is 18.2 Å². The molecule has 112 valence electrons. The molecule has 20 heavy (non-hydrogen) atoms. The summed E-state index contributed by atoms with van der Waals surface area (Å²) in [5.41, 5.74) is -0.722. The van der Waals surface area contributed by atoms with Crippen LogP contribution in [-0.2, 0) is 12.7 Å². The minimum atomic E-state index is -4.64. The lowest BCUT2D eigenvalue weighted by Crippen LogP contribution is -2.28. The molecular formula is C15H19F4N. The van der Waals surface area contributed by atoms with E-state index in [9.17, 15) is 17.6 Å². The van der Waals surface area contributed by atoms with Crippen molar-refractivity contribution in [2.24, 2.45) is 5.92 Å². The predicted octanol–water partition coefficient (Wildman–Crippen LogP) is 4.51. The largest absolute Gasteiger partial charge is 0.419 e. The number of hydrogen-bond donors (Lipinski definition) is 1. The number of rotatable bonds is 6. The van der Waals surface area contributed by atoms with E-state index in [1.165, 1.54) is 18.9 Å². The van der Waals surface area contributed by atoms with Crippen LogP contribution in [-0.4, -0.2) is 6.04 Å². The van der Waals surface area contributed by atoms with Crippen LogP contribution in [0.4, 0.5) is 17.6 Å². The van der Waals surface area contributed by atoms with Crippen LogP contribution >= 0.6 is 0 Å². The Morgan fingerprint density at radius 2 is 2.00 bits per heavy atom. The van der Waals surface area contributed by atoms with E-state index in [2.05, 4.69) is 12.2 Å². The monoisotopic (exact) mass is 289 g/mol. The SMILES string of the molecule is CCC(CC1CC1)NCc1ccc(F)c(C(F)(F)F)c1. The molecule has 1 fully saturated rings. The molecular weight excluding hydrogens is 270 g/mol. The number of nitrogens with one attached hydrogen (secondary N) is 1. The molecule has 1 aliphatic rings. The van der Waals surface area contributed by atoms with E-state index in [4.69, 9.17) is 0 Å². The second kappa shape index (κ2) is 6.12. The summed E-state index contributed by atoms with van der Waals surface area (Å²) in [7, 11) is 0. The Kier molecular flexibility index (Phi) is 4.68. The zero-order chi connectivity index (χ0) is 14.8. The molecule has 0 aliphatic heterocycles. The van der Waals surface area contributed by atoms with Crippen LogP contribution < -0.4 is 5.32 Å². The Balaban J connectivity index is 1.98. The lowest BCUT2D eigenvalue weighted by Gasteiger charge is -2.17. The van der Waals surface area contributed by atoms with Gasteiger partial charge >= 0.3 is 6.18 Å². The van der Waals surface area contributed by atoms with Crippen molar-refractivity contribution in [1.82, 2.24) is 5.32 Å². The average Bonchev–Trinajstić information content (AvgIpc) is 3.18. The molecule has 0 bridgehead atoms. The number of alkyl halides is 3. The normalized spacial score (nSPS) is 17.2. The van der Waals surface area contributed by atoms with Crippen LogP contribution in [0, 0.1) is 11.7 Å². The lowest BCUT2D eigenvalue weighted by molar-refractivity contribution is -0.140. The summed E-state index contributed by atoms with van der Waals surface area (Å²) in [6.45, 7) is 2.40. The maximum absolute atomic E-state index is 13.2. The molecule has 5 heteroatoms. The highest BCUT2D eigenvalue weighted by Gasteiger charge is 2.34. The molecule has 0 radical (unpaired) electrons. The summed E-state index contributed by atoms with van der Waals surface area (Å²) in [6.07, 6.45) is -0.105. The van der Waals surface area contributed by atoms with Crippen LogP contribution in [0.5, 0.6) is 0 Å². The first-order chi connectivity index (χ1) is 9.40. The Bertz CT molecular complexity index is 452. The molecule has 0 spiro atoms. The number of benzene rings is 1. The van der Waals surface area contributed by atoms with Gasteiger partial charge in [0.2, 0.25) is 0 Å². The van der Waals surface area contributed by atoms with Crippen molar-refractivity contribution in [2.45, 2.75) is 51.4 Å². The van der Waals surface area contributed by atoms with Crippen LogP contribution in [0.25, 0.3) is 0 Å². The molecule has 2 rings (SSSR count). The average molecular weight is 289 g/mol. The standard InChI is InChI=1S/C15H19F4N/c1-2-12(7-10-3-4-10)20-9-11-5-6-14(16)13(8-11)15(17,18)19/h5-6,8,10,12,20H,2-4,7,9H2,1H3. The molecule has 1 unspecified atom stereocenters. The molecule has 0 amide bonds. The van der Waals surface area contributed by atoms with E-state index in [0.717, 1.165) is 30.9 Å². The van der Waals surface area contributed by atoms with E-state index >= 15 is 0 Å². The minimum Gasteiger partial charge on any atom is -0.310 e. The predicted molar refractivity (Wildman–Crippen MR) is 69.7 cm³/mol. The van der Waals surface area contributed by atoms with Crippen molar-refractivity contribution in [2.75, 3.05) is 0 Å². The van der Waals surface area contributed by atoms with Crippen LogP contribution in [0.3, 0.4) is 0 Å². The Hall–Kier alpha value is -1.10. The highest BCUT2D eigenvalue weighted by molar-refractivity contribution is 5.27. The van der Waals surface area contributed by atoms with Gasteiger partial charge in [0.1, 0.15) is 5.82 Å². The molecule has 1 aliphatic carbocycles. The van der Waals surface area contributed by atoms with E-state index in [-0.39, 0.29) is 0 Å². The Morgan fingerprint density at radius 1 is 1.30 bits per heavy atom. The zero-order valence-electron chi connectivity index (χ0n) is 11.4. The van der Waals surface area contributed by atoms with Crippen molar-refractivity contribution < 1.29 is 17.6 Å². The summed E-state index contributed by atoms with van der Waals surface area (Å²) >= 11 is 0. The van der Waals surface area contributed by atoms with Gasteiger partial charge in [0, 0.05) is 12.6 Å². The maximum atomic E-state index is 13.2. The highest BCUT2D eigenvalue weighted by Crippen LogP contribution is 2.34. The van der Waals surface area contributed by atoms with Crippen molar-refractivity contribution in [1.29, 1.82) is 0 Å². The van der Waals surface area contributed by atoms with Gasteiger partial charge in [-0.1, -0.05) is 25.8 Å². The van der Waals surface area contributed by atoms with Crippen molar-refractivity contribution in [3.63, 3.8) is 0 Å². The van der Waals surface area contributed by atoms with Gasteiger partial charge in [0.15, 0.2) is 0 Å². The molecule has 1 N–H and O–H groups in total. The summed E-state index contributed by atoms with van der Waals surface area (Å²) < 4.78 is 51.0. The topological polar surface area (TPSA) is 12.0 Å². The molecule has 0 heterocycles. The molecule has 1 aromatic carbocycles. The Morgan fingerprint density at radius 3 is 2.55 bits per heavy atom. The first kappa shape index (κ1) is 15.3. The smallest absolute Gasteiger partial charge is 0.310 e. The Labute approximate surface area is 116 Å². The van der Waals surface area contributed by atoms with Gasteiger partial charge in [-0.25, -0.2) is 4.39 Å². The summed E-state index contributed by atoms with van der Waals surface area (Å²) in [5.74, 6) is -0.447. The molecule has 0 aromatic heterocycles. The third kappa shape index (κ3) is 4.20. The fourth-order valence-corrected chi connectivity index (χ4v) is 2.31. The van der Waals surface area contributed by atoms with Gasteiger partial charge in [0.25, 0.3) is 0 Å². The van der Waals surface area contributed by atoms with Crippen LogP contribution in [0.15, 0.2) is 18.2 Å². The first-order valence-electron chi connectivity index (χ1n) is 6.99. The third-order valence-corrected chi connectivity index (χ3v) is 3.74. The van der Waals surface area contributed by atoms with Gasteiger partial charge in [0.05, 0.1) is 5.56 Å². The van der Waals surface area contributed by atoms with E-state index in [1.807, 2.05) is 0 Å². The van der Waals surface area contributed by atoms with Crippen molar-refractivity contribution >= 4 is 0 Å². The number of halogens is 4. The molecule has 1 nitrogen and oxygen atoms in total. The van der Waals surface area contributed by atoms with Gasteiger partial charge in [-0.05, 0) is 36.5 Å². The fourth-order valence-electron chi connectivity index (χ4n) is 2.31. The lowest BCUT2D eigenvalue weighted by atomic mass is 10.1. The van der Waals surface area contributed by atoms with Gasteiger partial charge in [-0.3, -0.25) is 0 Å². The quantitative estimate of drug-likeness (QED) is 0.760. The second-order valence-corrected chi connectivity index (χ2v) is 5.48. The van der Waals surface area contributed by atoms with Gasteiger partial charge < -0.3 is 5.32 Å². The van der Waals surface area contributed by atoms with Gasteiger partial charge in [-0.2, -0.15) is 13.2 Å².